The molecule has 1 aliphatic carbocycles. The highest BCUT2D eigenvalue weighted by atomic mass is 32.1. The molecule has 1 unspecified atom stereocenters. The third-order valence-corrected chi connectivity index (χ3v) is 4.94. The van der Waals surface area contributed by atoms with Crippen LogP contribution in [0, 0.1) is 5.92 Å². The van der Waals surface area contributed by atoms with Crippen molar-refractivity contribution in [3.05, 3.63) is 52.0 Å². The lowest BCUT2D eigenvalue weighted by Crippen LogP contribution is -2.31. The van der Waals surface area contributed by atoms with Crippen LogP contribution in [0.3, 0.4) is 0 Å². The van der Waals surface area contributed by atoms with Gasteiger partial charge in [0, 0.05) is 5.92 Å². The van der Waals surface area contributed by atoms with Gasteiger partial charge in [-0.1, -0.05) is 44.2 Å². The van der Waals surface area contributed by atoms with E-state index >= 15 is 0 Å². The Kier molecular flexibility index (Phi) is 4.06. The van der Waals surface area contributed by atoms with Crippen molar-refractivity contribution in [2.45, 2.75) is 38.6 Å². The maximum absolute atomic E-state index is 12.4. The van der Waals surface area contributed by atoms with E-state index in [4.69, 9.17) is 0 Å². The van der Waals surface area contributed by atoms with Crippen molar-refractivity contribution in [3.63, 3.8) is 0 Å². The largest absolute Gasteiger partial charge is 0.344 e. The monoisotopic (exact) mass is 300 g/mol. The molecule has 1 aromatic heterocycles. The minimum absolute atomic E-state index is 0.0121. The number of nitrogens with one attached hydrogen (secondary N) is 1. The molecule has 0 aliphatic heterocycles. The molecule has 1 N–H and O–H groups in total. The third kappa shape index (κ3) is 3.32. The molecule has 2 aromatic rings. The van der Waals surface area contributed by atoms with Gasteiger partial charge in [-0.25, -0.2) is 4.98 Å². The van der Waals surface area contributed by atoms with E-state index in [2.05, 4.69) is 36.3 Å². The van der Waals surface area contributed by atoms with Crippen LogP contribution in [-0.2, 0) is 0 Å². The van der Waals surface area contributed by atoms with E-state index in [1.165, 1.54) is 24.2 Å². The first-order chi connectivity index (χ1) is 10.1. The fourth-order valence-electron chi connectivity index (χ4n) is 2.42. The molecule has 0 spiro atoms. The average Bonchev–Trinajstić information content (AvgIpc) is 3.22. The van der Waals surface area contributed by atoms with Crippen molar-refractivity contribution in [2.24, 2.45) is 5.92 Å². The Morgan fingerprint density at radius 1 is 1.29 bits per heavy atom. The van der Waals surface area contributed by atoms with Crippen LogP contribution in [0.1, 0.15) is 58.9 Å². The first-order valence-corrected chi connectivity index (χ1v) is 8.28. The molecule has 3 nitrogen and oxygen atoms in total. The molecule has 4 heteroatoms. The van der Waals surface area contributed by atoms with Gasteiger partial charge < -0.3 is 5.32 Å². The average molecular weight is 300 g/mol. The second-order valence-electron chi connectivity index (χ2n) is 5.94. The molecule has 110 valence electrons. The lowest BCUT2D eigenvalue weighted by atomic mass is 9.96. The zero-order valence-corrected chi connectivity index (χ0v) is 13.2. The van der Waals surface area contributed by atoms with Crippen molar-refractivity contribution in [2.75, 3.05) is 0 Å². The van der Waals surface area contributed by atoms with Gasteiger partial charge in [0.2, 0.25) is 0 Å². The highest BCUT2D eigenvalue weighted by molar-refractivity contribution is 7.13. The molecule has 21 heavy (non-hydrogen) atoms. The number of thiazole rings is 1. The van der Waals surface area contributed by atoms with Crippen molar-refractivity contribution >= 4 is 17.2 Å². The fraction of sp³-hybridized carbons (Fsp3) is 0.412. The number of benzene rings is 1. The van der Waals surface area contributed by atoms with Gasteiger partial charge in [-0.2, -0.15) is 0 Å². The zero-order valence-electron chi connectivity index (χ0n) is 12.4. The molecular formula is C17H20N2OS. The van der Waals surface area contributed by atoms with Gasteiger partial charge in [-0.3, -0.25) is 4.79 Å². The highest BCUT2D eigenvalue weighted by Crippen LogP contribution is 2.41. The van der Waals surface area contributed by atoms with Crippen molar-refractivity contribution in [3.8, 4) is 0 Å². The van der Waals surface area contributed by atoms with Crippen molar-refractivity contribution < 1.29 is 4.79 Å². The predicted octanol–water partition coefficient (Wildman–Crippen LogP) is 4.15. The predicted molar refractivity (Wildman–Crippen MR) is 85.6 cm³/mol. The summed E-state index contributed by atoms with van der Waals surface area (Å²) in [6.45, 7) is 4.25. The SMILES string of the molecule is CC(C)C(NC(=O)c1cnc(C2CC2)s1)c1ccccc1. The summed E-state index contributed by atoms with van der Waals surface area (Å²) >= 11 is 1.54. The minimum atomic E-state index is -0.0121. The highest BCUT2D eigenvalue weighted by Gasteiger charge is 2.28. The van der Waals surface area contributed by atoms with Gasteiger partial charge in [-0.05, 0) is 24.3 Å². The Bertz CT molecular complexity index is 617. The summed E-state index contributed by atoms with van der Waals surface area (Å²) in [5.74, 6) is 0.931. The quantitative estimate of drug-likeness (QED) is 0.901. The van der Waals surface area contributed by atoms with Crippen LogP contribution in [0.2, 0.25) is 0 Å². The lowest BCUT2D eigenvalue weighted by molar-refractivity contribution is 0.0929. The summed E-state index contributed by atoms with van der Waals surface area (Å²) in [5.41, 5.74) is 1.15. The Hall–Kier alpha value is -1.68. The van der Waals surface area contributed by atoms with Crippen LogP contribution in [0.4, 0.5) is 0 Å². The summed E-state index contributed by atoms with van der Waals surface area (Å²) in [7, 11) is 0. The standard InChI is InChI=1S/C17H20N2OS/c1-11(2)15(12-6-4-3-5-7-12)19-16(20)14-10-18-17(21-14)13-8-9-13/h3-7,10-11,13,15H,8-9H2,1-2H3,(H,19,20). The third-order valence-electron chi connectivity index (χ3n) is 3.79. The van der Waals surface area contributed by atoms with Gasteiger partial charge >= 0.3 is 0 Å². The Morgan fingerprint density at radius 2 is 2.00 bits per heavy atom. The Balaban J connectivity index is 1.74. The van der Waals surface area contributed by atoms with Crippen LogP contribution >= 0.6 is 11.3 Å². The molecule has 0 bridgehead atoms. The van der Waals surface area contributed by atoms with Gasteiger partial charge in [0.25, 0.3) is 5.91 Å². The molecule has 1 aromatic carbocycles. The number of aromatic nitrogens is 1. The van der Waals surface area contributed by atoms with E-state index in [1.54, 1.807) is 6.20 Å². The summed E-state index contributed by atoms with van der Waals surface area (Å²) in [6, 6.07) is 10.2. The molecule has 3 rings (SSSR count). The Morgan fingerprint density at radius 3 is 2.62 bits per heavy atom. The molecule has 1 saturated carbocycles. The summed E-state index contributed by atoms with van der Waals surface area (Å²) in [5, 5.41) is 4.27. The van der Waals surface area contributed by atoms with Crippen molar-refractivity contribution in [1.82, 2.24) is 10.3 Å². The number of carbonyl (C=O) groups is 1. The number of amides is 1. The van der Waals surface area contributed by atoms with Crippen LogP contribution in [0.15, 0.2) is 36.5 Å². The van der Waals surface area contributed by atoms with E-state index in [1.807, 2.05) is 18.2 Å². The summed E-state index contributed by atoms with van der Waals surface area (Å²) in [4.78, 5) is 17.6. The van der Waals surface area contributed by atoms with Gasteiger partial charge in [0.1, 0.15) is 4.88 Å². The smallest absolute Gasteiger partial charge is 0.263 e. The molecule has 1 aliphatic rings. The molecular weight excluding hydrogens is 280 g/mol. The van der Waals surface area contributed by atoms with Gasteiger partial charge in [-0.15, -0.1) is 11.3 Å². The topological polar surface area (TPSA) is 42.0 Å². The van der Waals surface area contributed by atoms with E-state index in [0.29, 0.717) is 11.8 Å². The molecule has 1 heterocycles. The summed E-state index contributed by atoms with van der Waals surface area (Å²) in [6.07, 6.45) is 4.15. The maximum Gasteiger partial charge on any atom is 0.263 e. The van der Waals surface area contributed by atoms with Gasteiger partial charge in [0.15, 0.2) is 0 Å². The summed E-state index contributed by atoms with van der Waals surface area (Å²) < 4.78 is 0. The van der Waals surface area contributed by atoms with Gasteiger partial charge in [0.05, 0.1) is 17.2 Å². The van der Waals surface area contributed by atoms with Crippen LogP contribution in [0.5, 0.6) is 0 Å². The van der Waals surface area contributed by atoms with E-state index in [9.17, 15) is 4.79 Å². The normalized spacial score (nSPS) is 16.0. The van der Waals surface area contributed by atoms with E-state index < -0.39 is 0 Å². The van der Waals surface area contributed by atoms with Crippen LogP contribution in [-0.4, -0.2) is 10.9 Å². The van der Waals surface area contributed by atoms with E-state index in [0.717, 1.165) is 15.4 Å². The first kappa shape index (κ1) is 14.3. The molecule has 1 fully saturated rings. The lowest BCUT2D eigenvalue weighted by Gasteiger charge is -2.22. The maximum atomic E-state index is 12.4. The van der Waals surface area contributed by atoms with Crippen LogP contribution < -0.4 is 5.32 Å². The number of rotatable bonds is 5. The van der Waals surface area contributed by atoms with E-state index in [-0.39, 0.29) is 11.9 Å². The number of carbonyl (C=O) groups excluding carboxylic acids is 1. The number of hydrogen-bond donors (Lipinski definition) is 1. The molecule has 1 atom stereocenters. The first-order valence-electron chi connectivity index (χ1n) is 7.46. The van der Waals surface area contributed by atoms with Crippen LogP contribution in [0.25, 0.3) is 0 Å². The second-order valence-corrected chi connectivity index (χ2v) is 7.01. The second kappa shape index (κ2) is 5.98. The fourth-order valence-corrected chi connectivity index (χ4v) is 3.41. The number of hydrogen-bond acceptors (Lipinski definition) is 3. The minimum Gasteiger partial charge on any atom is -0.344 e. The Labute approximate surface area is 129 Å². The molecule has 0 radical (unpaired) electrons. The number of nitrogens with zero attached hydrogens (tertiary/aromatic N) is 1. The molecule has 0 saturated heterocycles. The van der Waals surface area contributed by atoms with Crippen molar-refractivity contribution in [1.29, 1.82) is 0 Å². The zero-order chi connectivity index (χ0) is 14.8. The molecule has 1 amide bonds.